The summed E-state index contributed by atoms with van der Waals surface area (Å²) in [6.45, 7) is 5.38. The molecule has 0 saturated carbocycles. The number of hydrogen-bond acceptors (Lipinski definition) is 4. The summed E-state index contributed by atoms with van der Waals surface area (Å²) < 4.78 is 33.6. The molecule has 4 rings (SSSR count). The molecule has 3 aliphatic rings. The average Bonchev–Trinajstić information content (AvgIpc) is 3.31. The molecule has 1 atom stereocenters. The van der Waals surface area contributed by atoms with Gasteiger partial charge in [-0.2, -0.15) is 4.31 Å². The Kier molecular flexibility index (Phi) is 5.03. The lowest BCUT2D eigenvalue weighted by atomic mass is 9.71. The van der Waals surface area contributed by atoms with Gasteiger partial charge in [-0.05, 0) is 50.3 Å². The van der Waals surface area contributed by atoms with Crippen LogP contribution in [0.4, 0.5) is 0 Å². The smallest absolute Gasteiger partial charge is 0.243 e. The number of ether oxygens (including phenoxy) is 1. The number of amides is 1. The SMILES string of the molecule is Cc1cccc(S(=O)(=O)N2CC(C(=O)N3CCCC3)C3(CCOCC3)C2)c1. The van der Waals surface area contributed by atoms with Crippen LogP contribution in [0.25, 0.3) is 0 Å². The molecule has 3 aliphatic heterocycles. The van der Waals surface area contributed by atoms with Gasteiger partial charge in [0.05, 0.1) is 10.8 Å². The second-order valence-electron chi connectivity index (χ2n) is 8.17. The normalized spacial score (nSPS) is 26.0. The quantitative estimate of drug-likeness (QED) is 0.789. The summed E-state index contributed by atoms with van der Waals surface area (Å²) in [5, 5.41) is 0. The summed E-state index contributed by atoms with van der Waals surface area (Å²) in [5.41, 5.74) is 0.621. The van der Waals surface area contributed by atoms with Gasteiger partial charge < -0.3 is 9.64 Å². The molecule has 0 N–H and O–H groups in total. The molecule has 1 spiro atoms. The molecule has 6 nitrogen and oxygen atoms in total. The highest BCUT2D eigenvalue weighted by atomic mass is 32.2. The Labute approximate surface area is 161 Å². The van der Waals surface area contributed by atoms with Crippen LogP contribution in [0.5, 0.6) is 0 Å². The van der Waals surface area contributed by atoms with Gasteiger partial charge in [0.2, 0.25) is 15.9 Å². The number of likely N-dealkylation sites (tertiary alicyclic amines) is 1. The van der Waals surface area contributed by atoms with Crippen LogP contribution in [0.15, 0.2) is 29.2 Å². The number of nitrogens with zero attached hydrogens (tertiary/aromatic N) is 2. The Morgan fingerprint density at radius 1 is 1.19 bits per heavy atom. The number of sulfonamides is 1. The molecule has 3 fully saturated rings. The topological polar surface area (TPSA) is 66.9 Å². The van der Waals surface area contributed by atoms with Crippen molar-refractivity contribution >= 4 is 15.9 Å². The molecule has 1 aromatic carbocycles. The molecule has 3 saturated heterocycles. The van der Waals surface area contributed by atoms with E-state index in [1.807, 2.05) is 17.9 Å². The van der Waals surface area contributed by atoms with Gasteiger partial charge >= 0.3 is 0 Å². The maximum Gasteiger partial charge on any atom is 0.243 e. The highest BCUT2D eigenvalue weighted by Gasteiger charge is 2.54. The highest BCUT2D eigenvalue weighted by Crippen LogP contribution is 2.46. The van der Waals surface area contributed by atoms with Crippen molar-refractivity contribution in [2.45, 2.75) is 37.5 Å². The third kappa shape index (κ3) is 3.41. The third-order valence-corrected chi connectivity index (χ3v) is 8.26. The molecule has 1 aromatic rings. The predicted octanol–water partition coefficient (Wildman–Crippen LogP) is 2.03. The Hall–Kier alpha value is -1.44. The largest absolute Gasteiger partial charge is 0.381 e. The van der Waals surface area contributed by atoms with Crippen LogP contribution in [0.1, 0.15) is 31.2 Å². The number of aryl methyl sites for hydroxylation is 1. The van der Waals surface area contributed by atoms with E-state index in [1.54, 1.807) is 22.5 Å². The molecule has 0 radical (unpaired) electrons. The molecule has 3 heterocycles. The molecule has 7 heteroatoms. The molecule has 0 bridgehead atoms. The lowest BCUT2D eigenvalue weighted by Crippen LogP contribution is -2.45. The van der Waals surface area contributed by atoms with Gasteiger partial charge in [-0.15, -0.1) is 0 Å². The van der Waals surface area contributed by atoms with E-state index in [4.69, 9.17) is 4.74 Å². The minimum Gasteiger partial charge on any atom is -0.381 e. The van der Waals surface area contributed by atoms with E-state index in [-0.39, 0.29) is 23.8 Å². The first kappa shape index (κ1) is 18.9. The average molecular weight is 393 g/mol. The van der Waals surface area contributed by atoms with E-state index < -0.39 is 10.0 Å². The van der Waals surface area contributed by atoms with E-state index in [0.29, 0.717) is 24.7 Å². The Morgan fingerprint density at radius 2 is 1.89 bits per heavy atom. The maximum atomic E-state index is 13.3. The van der Waals surface area contributed by atoms with Crippen molar-refractivity contribution < 1.29 is 17.9 Å². The van der Waals surface area contributed by atoms with E-state index >= 15 is 0 Å². The minimum absolute atomic E-state index is 0.136. The second kappa shape index (κ2) is 7.18. The number of hydrogen-bond donors (Lipinski definition) is 0. The van der Waals surface area contributed by atoms with Crippen LogP contribution < -0.4 is 0 Å². The Bertz CT molecular complexity index is 811. The van der Waals surface area contributed by atoms with Crippen molar-refractivity contribution in [1.29, 1.82) is 0 Å². The van der Waals surface area contributed by atoms with E-state index in [9.17, 15) is 13.2 Å². The van der Waals surface area contributed by atoms with Crippen LogP contribution in [-0.4, -0.2) is 62.9 Å². The van der Waals surface area contributed by atoms with Crippen molar-refractivity contribution in [2.24, 2.45) is 11.3 Å². The van der Waals surface area contributed by atoms with Crippen LogP contribution >= 0.6 is 0 Å². The molecule has 1 unspecified atom stereocenters. The van der Waals surface area contributed by atoms with Gasteiger partial charge in [-0.3, -0.25) is 4.79 Å². The molecule has 27 heavy (non-hydrogen) atoms. The second-order valence-corrected chi connectivity index (χ2v) is 10.1. The summed E-state index contributed by atoms with van der Waals surface area (Å²) in [4.78, 5) is 15.5. The summed E-state index contributed by atoms with van der Waals surface area (Å²) in [6.07, 6.45) is 3.58. The zero-order chi connectivity index (χ0) is 19.1. The first-order valence-electron chi connectivity index (χ1n) is 9.86. The summed E-state index contributed by atoms with van der Waals surface area (Å²) in [6, 6.07) is 7.02. The monoisotopic (exact) mass is 392 g/mol. The zero-order valence-electron chi connectivity index (χ0n) is 15.9. The fourth-order valence-electron chi connectivity index (χ4n) is 4.81. The highest BCUT2D eigenvalue weighted by molar-refractivity contribution is 7.89. The number of rotatable bonds is 3. The molecule has 0 aliphatic carbocycles. The minimum atomic E-state index is -3.60. The fourth-order valence-corrected chi connectivity index (χ4v) is 6.47. The van der Waals surface area contributed by atoms with Crippen molar-refractivity contribution in [3.8, 4) is 0 Å². The van der Waals surface area contributed by atoms with Crippen LogP contribution in [-0.2, 0) is 19.6 Å². The van der Waals surface area contributed by atoms with Crippen LogP contribution in [0.3, 0.4) is 0 Å². The lowest BCUT2D eigenvalue weighted by Gasteiger charge is -2.38. The maximum absolute atomic E-state index is 13.3. The Balaban J connectivity index is 1.65. The molecular weight excluding hydrogens is 364 g/mol. The van der Waals surface area contributed by atoms with Crippen LogP contribution in [0.2, 0.25) is 0 Å². The van der Waals surface area contributed by atoms with Crippen LogP contribution in [0, 0.1) is 18.3 Å². The van der Waals surface area contributed by atoms with Gasteiger partial charge in [0.1, 0.15) is 0 Å². The van der Waals surface area contributed by atoms with Crippen molar-refractivity contribution in [3.63, 3.8) is 0 Å². The predicted molar refractivity (Wildman–Crippen MR) is 102 cm³/mol. The van der Waals surface area contributed by atoms with Gasteiger partial charge in [0.15, 0.2) is 0 Å². The fraction of sp³-hybridized carbons (Fsp3) is 0.650. The van der Waals surface area contributed by atoms with Gasteiger partial charge in [-0.25, -0.2) is 8.42 Å². The lowest BCUT2D eigenvalue weighted by molar-refractivity contribution is -0.139. The first-order valence-corrected chi connectivity index (χ1v) is 11.3. The van der Waals surface area contributed by atoms with E-state index in [0.717, 1.165) is 44.3 Å². The molecular formula is C20H28N2O4S. The third-order valence-electron chi connectivity index (χ3n) is 6.45. The van der Waals surface area contributed by atoms with Crippen molar-refractivity contribution in [3.05, 3.63) is 29.8 Å². The zero-order valence-corrected chi connectivity index (χ0v) is 16.7. The molecule has 1 amide bonds. The first-order chi connectivity index (χ1) is 12.9. The Morgan fingerprint density at radius 3 is 2.56 bits per heavy atom. The summed E-state index contributed by atoms with van der Waals surface area (Å²) in [7, 11) is -3.60. The number of benzene rings is 1. The van der Waals surface area contributed by atoms with Gasteiger partial charge in [-0.1, -0.05) is 12.1 Å². The van der Waals surface area contributed by atoms with Crippen molar-refractivity contribution in [2.75, 3.05) is 39.4 Å². The number of carbonyl (C=O) groups is 1. The summed E-state index contributed by atoms with van der Waals surface area (Å²) in [5.74, 6) is -0.129. The standard InChI is InChI=1S/C20H28N2O4S/c1-16-5-4-6-17(13-16)27(24,25)22-14-18(19(23)21-9-2-3-10-21)20(15-22)7-11-26-12-8-20/h4-6,13,18H,2-3,7-12,14-15H2,1H3. The van der Waals surface area contributed by atoms with Gasteiger partial charge in [0.25, 0.3) is 0 Å². The van der Waals surface area contributed by atoms with Crippen molar-refractivity contribution in [1.82, 2.24) is 9.21 Å². The molecule has 148 valence electrons. The number of carbonyl (C=O) groups excluding carboxylic acids is 1. The molecule has 0 aromatic heterocycles. The van der Waals surface area contributed by atoms with E-state index in [1.165, 1.54) is 0 Å². The van der Waals surface area contributed by atoms with Gasteiger partial charge in [0, 0.05) is 44.8 Å². The summed E-state index contributed by atoms with van der Waals surface area (Å²) >= 11 is 0. The van der Waals surface area contributed by atoms with E-state index in [2.05, 4.69) is 0 Å².